The lowest BCUT2D eigenvalue weighted by molar-refractivity contribution is -0.144. The van der Waals surface area contributed by atoms with Gasteiger partial charge in [-0.25, -0.2) is 4.79 Å². The highest BCUT2D eigenvalue weighted by Gasteiger charge is 2.36. The lowest BCUT2D eigenvalue weighted by Gasteiger charge is -2.38. The van der Waals surface area contributed by atoms with E-state index in [-0.39, 0.29) is 19.0 Å². The van der Waals surface area contributed by atoms with Crippen molar-refractivity contribution in [3.63, 3.8) is 0 Å². The quantitative estimate of drug-likeness (QED) is 0.543. The normalized spacial score (nSPS) is 15.4. The maximum Gasteiger partial charge on any atom is 0.410 e. The predicted molar refractivity (Wildman–Crippen MR) is 124 cm³/mol. The summed E-state index contributed by atoms with van der Waals surface area (Å²) < 4.78 is 22.4. The van der Waals surface area contributed by atoms with Crippen LogP contribution in [-0.2, 0) is 27.3 Å². The molecule has 7 heteroatoms. The summed E-state index contributed by atoms with van der Waals surface area (Å²) in [6.45, 7) is 8.34. The Labute approximate surface area is 195 Å². The molecule has 1 amide bonds. The average Bonchev–Trinajstić information content (AvgIpc) is 2.77. The lowest BCUT2D eigenvalue weighted by atomic mass is 9.90. The Morgan fingerprint density at radius 2 is 1.82 bits per heavy atom. The molecule has 2 aromatic rings. The number of benzene rings is 2. The third-order valence-electron chi connectivity index (χ3n) is 5.31. The first kappa shape index (κ1) is 24.4. The molecule has 1 aliphatic rings. The number of carbonyl (C=O) groups excluding carboxylic acids is 2. The maximum absolute atomic E-state index is 12.9. The Morgan fingerprint density at radius 1 is 1.09 bits per heavy atom. The summed E-state index contributed by atoms with van der Waals surface area (Å²) in [7, 11) is 1.58. The van der Waals surface area contributed by atoms with Crippen LogP contribution in [0.4, 0.5) is 4.79 Å². The topological polar surface area (TPSA) is 74.3 Å². The van der Waals surface area contributed by atoms with Gasteiger partial charge in [0, 0.05) is 6.54 Å². The van der Waals surface area contributed by atoms with Gasteiger partial charge in [-0.1, -0.05) is 30.3 Å². The van der Waals surface area contributed by atoms with Crippen LogP contribution in [-0.4, -0.2) is 42.8 Å². The number of rotatable bonds is 7. The first-order chi connectivity index (χ1) is 15.7. The van der Waals surface area contributed by atoms with Crippen molar-refractivity contribution in [2.24, 2.45) is 0 Å². The molecule has 0 N–H and O–H groups in total. The summed E-state index contributed by atoms with van der Waals surface area (Å²) >= 11 is 0. The van der Waals surface area contributed by atoms with Crippen LogP contribution in [0.2, 0.25) is 0 Å². The SMILES string of the molecule is CCOC(=O)CC1c2cc(OC)c(OCc3ccccc3)cc2CCN1C(=O)OC(C)(C)C. The van der Waals surface area contributed by atoms with E-state index in [1.54, 1.807) is 18.9 Å². The number of amides is 1. The van der Waals surface area contributed by atoms with Gasteiger partial charge >= 0.3 is 12.1 Å². The Hall–Kier alpha value is -3.22. The highest BCUT2D eigenvalue weighted by Crippen LogP contribution is 2.40. The van der Waals surface area contributed by atoms with E-state index in [2.05, 4.69) is 0 Å². The molecule has 3 rings (SSSR count). The van der Waals surface area contributed by atoms with Crippen LogP contribution < -0.4 is 9.47 Å². The second-order valence-corrected chi connectivity index (χ2v) is 8.92. The molecule has 0 aliphatic carbocycles. The number of hydrogen-bond acceptors (Lipinski definition) is 6. The van der Waals surface area contributed by atoms with E-state index < -0.39 is 17.7 Å². The van der Waals surface area contributed by atoms with Crippen LogP contribution in [0.3, 0.4) is 0 Å². The molecule has 1 aliphatic heterocycles. The molecule has 1 heterocycles. The van der Waals surface area contributed by atoms with Gasteiger partial charge in [0.05, 0.1) is 26.2 Å². The van der Waals surface area contributed by atoms with Gasteiger partial charge in [-0.05, 0) is 62.9 Å². The van der Waals surface area contributed by atoms with Gasteiger partial charge < -0.3 is 23.8 Å². The van der Waals surface area contributed by atoms with Crippen molar-refractivity contribution in [3.05, 3.63) is 59.2 Å². The van der Waals surface area contributed by atoms with E-state index in [0.29, 0.717) is 31.1 Å². The second-order valence-electron chi connectivity index (χ2n) is 8.92. The zero-order chi connectivity index (χ0) is 24.0. The number of hydrogen-bond donors (Lipinski definition) is 0. The molecule has 0 aromatic heterocycles. The summed E-state index contributed by atoms with van der Waals surface area (Å²) in [5, 5.41) is 0. The van der Waals surface area contributed by atoms with Gasteiger partial charge in [0.1, 0.15) is 12.2 Å². The lowest BCUT2D eigenvalue weighted by Crippen LogP contribution is -2.43. The number of fused-ring (bicyclic) bond motifs is 1. The van der Waals surface area contributed by atoms with Crippen LogP contribution in [0.15, 0.2) is 42.5 Å². The molecule has 0 spiro atoms. The first-order valence-corrected chi connectivity index (χ1v) is 11.2. The Balaban J connectivity index is 1.91. The summed E-state index contributed by atoms with van der Waals surface area (Å²) in [4.78, 5) is 27.0. The summed E-state index contributed by atoms with van der Waals surface area (Å²) in [5.41, 5.74) is 2.25. The molecule has 1 atom stereocenters. The van der Waals surface area contributed by atoms with E-state index in [4.69, 9.17) is 18.9 Å². The predicted octanol–water partition coefficient (Wildman–Crippen LogP) is 5.06. The molecule has 33 heavy (non-hydrogen) atoms. The fraction of sp³-hybridized carbons (Fsp3) is 0.462. The maximum atomic E-state index is 12.9. The molecular formula is C26H33NO6. The minimum atomic E-state index is -0.640. The van der Waals surface area contributed by atoms with Crippen LogP contribution in [0.1, 0.15) is 56.8 Å². The molecule has 0 saturated carbocycles. The highest BCUT2D eigenvalue weighted by atomic mass is 16.6. The number of esters is 1. The van der Waals surface area contributed by atoms with Crippen LogP contribution in [0.25, 0.3) is 0 Å². The average molecular weight is 456 g/mol. The van der Waals surface area contributed by atoms with E-state index in [1.807, 2.05) is 63.2 Å². The van der Waals surface area contributed by atoms with Gasteiger partial charge in [-0.2, -0.15) is 0 Å². The molecule has 0 fully saturated rings. The standard InChI is InChI=1S/C26H33NO6/c1-6-31-24(28)16-21-20-15-22(30-5)23(32-17-18-10-8-7-9-11-18)14-19(20)12-13-27(21)25(29)33-26(2,3)4/h7-11,14-15,21H,6,12-13,16-17H2,1-5H3. The van der Waals surface area contributed by atoms with Crippen LogP contribution in [0, 0.1) is 0 Å². The number of methoxy groups -OCH3 is 1. The smallest absolute Gasteiger partial charge is 0.410 e. The van der Waals surface area contributed by atoms with Gasteiger partial charge in [-0.15, -0.1) is 0 Å². The zero-order valence-corrected chi connectivity index (χ0v) is 20.1. The monoisotopic (exact) mass is 455 g/mol. The van der Waals surface area contributed by atoms with Crippen molar-refractivity contribution in [2.75, 3.05) is 20.3 Å². The summed E-state index contributed by atoms with van der Waals surface area (Å²) in [6.07, 6.45) is 0.193. The molecule has 0 saturated heterocycles. The van der Waals surface area contributed by atoms with Crippen molar-refractivity contribution in [2.45, 2.75) is 58.8 Å². The van der Waals surface area contributed by atoms with Crippen molar-refractivity contribution in [1.82, 2.24) is 4.90 Å². The Kier molecular flexibility index (Phi) is 7.84. The number of ether oxygens (including phenoxy) is 4. The van der Waals surface area contributed by atoms with Crippen molar-refractivity contribution >= 4 is 12.1 Å². The molecule has 2 aromatic carbocycles. The summed E-state index contributed by atoms with van der Waals surface area (Å²) in [5.74, 6) is 0.803. The van der Waals surface area contributed by atoms with Crippen LogP contribution >= 0.6 is 0 Å². The minimum absolute atomic E-state index is 0.0352. The summed E-state index contributed by atoms with van der Waals surface area (Å²) in [6, 6.07) is 13.2. The van der Waals surface area contributed by atoms with Gasteiger partial charge in [0.15, 0.2) is 11.5 Å². The third kappa shape index (κ3) is 6.40. The first-order valence-electron chi connectivity index (χ1n) is 11.2. The molecule has 1 unspecified atom stereocenters. The molecule has 0 radical (unpaired) electrons. The van der Waals surface area contributed by atoms with Crippen LogP contribution in [0.5, 0.6) is 11.5 Å². The van der Waals surface area contributed by atoms with E-state index in [9.17, 15) is 9.59 Å². The third-order valence-corrected chi connectivity index (χ3v) is 5.31. The molecule has 7 nitrogen and oxygen atoms in total. The van der Waals surface area contributed by atoms with Gasteiger partial charge in [0.25, 0.3) is 0 Å². The van der Waals surface area contributed by atoms with E-state index >= 15 is 0 Å². The largest absolute Gasteiger partial charge is 0.493 e. The van der Waals surface area contributed by atoms with Gasteiger partial charge in [0.2, 0.25) is 0 Å². The minimum Gasteiger partial charge on any atom is -0.493 e. The highest BCUT2D eigenvalue weighted by molar-refractivity contribution is 5.74. The van der Waals surface area contributed by atoms with Gasteiger partial charge in [-0.3, -0.25) is 4.79 Å². The molecular weight excluding hydrogens is 422 g/mol. The fourth-order valence-corrected chi connectivity index (χ4v) is 3.85. The zero-order valence-electron chi connectivity index (χ0n) is 20.1. The molecule has 0 bridgehead atoms. The van der Waals surface area contributed by atoms with Crippen molar-refractivity contribution in [3.8, 4) is 11.5 Å². The number of carbonyl (C=O) groups is 2. The van der Waals surface area contributed by atoms with E-state index in [1.165, 1.54) is 0 Å². The second kappa shape index (κ2) is 10.6. The Morgan fingerprint density at radius 3 is 2.45 bits per heavy atom. The molecule has 178 valence electrons. The fourth-order valence-electron chi connectivity index (χ4n) is 3.85. The number of nitrogens with zero attached hydrogens (tertiary/aromatic N) is 1. The Bertz CT molecular complexity index is 967. The van der Waals surface area contributed by atoms with Crippen molar-refractivity contribution in [1.29, 1.82) is 0 Å². The van der Waals surface area contributed by atoms with E-state index in [0.717, 1.165) is 16.7 Å². The van der Waals surface area contributed by atoms with Crippen molar-refractivity contribution < 1.29 is 28.5 Å².